The second kappa shape index (κ2) is 4.90. The van der Waals surface area contributed by atoms with Gasteiger partial charge in [-0.2, -0.15) is 0 Å². The largest absolute Gasteiger partial charge is 0.372 e. The summed E-state index contributed by atoms with van der Waals surface area (Å²) in [5.41, 5.74) is 0. The van der Waals surface area contributed by atoms with E-state index in [4.69, 9.17) is 0 Å². The molecule has 1 saturated heterocycles. The highest BCUT2D eigenvalue weighted by atomic mass is 15.2. The van der Waals surface area contributed by atoms with Crippen molar-refractivity contribution in [2.24, 2.45) is 11.8 Å². The van der Waals surface area contributed by atoms with Gasteiger partial charge in [0.05, 0.1) is 12.4 Å². The molecule has 1 aromatic heterocycles. The summed E-state index contributed by atoms with van der Waals surface area (Å²) in [7, 11) is 1.87. The number of rotatable bonds is 2. The summed E-state index contributed by atoms with van der Waals surface area (Å²) in [6, 6.07) is 0.535. The first-order valence-corrected chi connectivity index (χ1v) is 6.38. The Morgan fingerprint density at radius 3 is 2.76 bits per heavy atom. The minimum atomic E-state index is 0.535. The Morgan fingerprint density at radius 2 is 2.06 bits per heavy atom. The van der Waals surface area contributed by atoms with Crippen LogP contribution in [0.3, 0.4) is 0 Å². The molecule has 1 aromatic rings. The molecule has 0 spiro atoms. The molecule has 4 nitrogen and oxygen atoms in total. The van der Waals surface area contributed by atoms with E-state index in [1.54, 1.807) is 6.20 Å². The van der Waals surface area contributed by atoms with Gasteiger partial charge in [-0.25, -0.2) is 4.98 Å². The first kappa shape index (κ1) is 12.1. The van der Waals surface area contributed by atoms with Gasteiger partial charge in [0.2, 0.25) is 0 Å². The molecule has 0 aromatic carbocycles. The third-order valence-corrected chi connectivity index (χ3v) is 3.77. The summed E-state index contributed by atoms with van der Waals surface area (Å²) in [4.78, 5) is 11.2. The molecule has 3 atom stereocenters. The number of hydrogen-bond donors (Lipinski definition) is 1. The van der Waals surface area contributed by atoms with Crippen molar-refractivity contribution in [2.45, 2.75) is 33.2 Å². The number of nitrogens with one attached hydrogen (secondary N) is 1. The molecule has 1 N–H and O–H groups in total. The first-order chi connectivity index (χ1) is 8.11. The highest BCUT2D eigenvalue weighted by Gasteiger charge is 2.29. The highest BCUT2D eigenvalue weighted by Crippen LogP contribution is 2.30. The van der Waals surface area contributed by atoms with Crippen molar-refractivity contribution in [1.29, 1.82) is 0 Å². The summed E-state index contributed by atoms with van der Waals surface area (Å²) in [6.07, 6.45) is 4.92. The summed E-state index contributed by atoms with van der Waals surface area (Å²) >= 11 is 0. The maximum absolute atomic E-state index is 4.59. The number of aromatic nitrogens is 2. The number of anilines is 2. The number of hydrogen-bond acceptors (Lipinski definition) is 4. The van der Waals surface area contributed by atoms with Gasteiger partial charge in [0.25, 0.3) is 0 Å². The van der Waals surface area contributed by atoms with Crippen LogP contribution in [0.25, 0.3) is 0 Å². The Bertz CT molecular complexity index is 379. The second-order valence-electron chi connectivity index (χ2n) is 5.22. The SMILES string of the molecule is CNc1cncc(N2CC(C)CC(C)C2C)n1. The van der Waals surface area contributed by atoms with E-state index in [2.05, 4.69) is 41.0 Å². The quantitative estimate of drug-likeness (QED) is 0.853. The molecule has 1 aliphatic rings. The van der Waals surface area contributed by atoms with E-state index in [0.717, 1.165) is 24.1 Å². The lowest BCUT2D eigenvalue weighted by Crippen LogP contribution is -2.46. The van der Waals surface area contributed by atoms with Crippen LogP contribution in [0.4, 0.5) is 11.6 Å². The zero-order valence-electron chi connectivity index (χ0n) is 11.1. The van der Waals surface area contributed by atoms with E-state index >= 15 is 0 Å². The van der Waals surface area contributed by atoms with Gasteiger partial charge in [-0.15, -0.1) is 0 Å². The molecule has 4 heteroatoms. The van der Waals surface area contributed by atoms with Crippen molar-refractivity contribution in [3.05, 3.63) is 12.4 Å². The fourth-order valence-corrected chi connectivity index (χ4v) is 2.63. The molecule has 1 fully saturated rings. The third kappa shape index (κ3) is 2.51. The van der Waals surface area contributed by atoms with Crippen LogP contribution in [0.5, 0.6) is 0 Å². The smallest absolute Gasteiger partial charge is 0.149 e. The Kier molecular flexibility index (Phi) is 3.50. The monoisotopic (exact) mass is 234 g/mol. The normalized spacial score (nSPS) is 29.2. The number of piperidine rings is 1. The van der Waals surface area contributed by atoms with Crippen LogP contribution in [0.1, 0.15) is 27.2 Å². The second-order valence-corrected chi connectivity index (χ2v) is 5.22. The Balaban J connectivity index is 2.24. The topological polar surface area (TPSA) is 41.1 Å². The standard InChI is InChI=1S/C13H22N4/c1-9-5-10(2)11(3)17(8-9)13-7-15-6-12(14-4)16-13/h6-7,9-11H,5,8H2,1-4H3,(H,14,16). The summed E-state index contributed by atoms with van der Waals surface area (Å²) < 4.78 is 0. The molecule has 17 heavy (non-hydrogen) atoms. The van der Waals surface area contributed by atoms with Crippen molar-refractivity contribution in [1.82, 2.24) is 9.97 Å². The van der Waals surface area contributed by atoms with Gasteiger partial charge < -0.3 is 10.2 Å². The predicted molar refractivity (Wildman–Crippen MR) is 71.3 cm³/mol. The zero-order valence-corrected chi connectivity index (χ0v) is 11.1. The molecule has 2 rings (SSSR count). The lowest BCUT2D eigenvalue weighted by atomic mass is 9.86. The van der Waals surface area contributed by atoms with Crippen LogP contribution < -0.4 is 10.2 Å². The van der Waals surface area contributed by atoms with Crippen molar-refractivity contribution < 1.29 is 0 Å². The van der Waals surface area contributed by atoms with Gasteiger partial charge in [-0.1, -0.05) is 13.8 Å². The summed E-state index contributed by atoms with van der Waals surface area (Å²) in [5.74, 6) is 3.25. The molecular weight excluding hydrogens is 212 g/mol. The molecule has 2 heterocycles. The summed E-state index contributed by atoms with van der Waals surface area (Å²) in [6.45, 7) is 7.99. The fourth-order valence-electron chi connectivity index (χ4n) is 2.63. The van der Waals surface area contributed by atoms with Crippen molar-refractivity contribution in [2.75, 3.05) is 23.8 Å². The van der Waals surface area contributed by atoms with E-state index in [-0.39, 0.29) is 0 Å². The lowest BCUT2D eigenvalue weighted by molar-refractivity contribution is 0.295. The molecular formula is C13H22N4. The van der Waals surface area contributed by atoms with Crippen molar-refractivity contribution in [3.63, 3.8) is 0 Å². The van der Waals surface area contributed by atoms with E-state index in [0.29, 0.717) is 12.0 Å². The molecule has 3 unspecified atom stereocenters. The highest BCUT2D eigenvalue weighted by molar-refractivity contribution is 5.44. The number of nitrogens with zero attached hydrogens (tertiary/aromatic N) is 3. The van der Waals surface area contributed by atoms with Gasteiger partial charge >= 0.3 is 0 Å². The van der Waals surface area contributed by atoms with Crippen LogP contribution in [0.15, 0.2) is 12.4 Å². The first-order valence-electron chi connectivity index (χ1n) is 6.38. The minimum Gasteiger partial charge on any atom is -0.372 e. The van der Waals surface area contributed by atoms with Crippen LogP contribution in [-0.4, -0.2) is 29.6 Å². The lowest BCUT2D eigenvalue weighted by Gasteiger charge is -2.41. The Hall–Kier alpha value is -1.32. The van der Waals surface area contributed by atoms with Crippen LogP contribution >= 0.6 is 0 Å². The molecule has 0 radical (unpaired) electrons. The minimum absolute atomic E-state index is 0.535. The molecule has 0 bridgehead atoms. The molecule has 1 aliphatic heterocycles. The zero-order chi connectivity index (χ0) is 12.4. The molecule has 0 saturated carbocycles. The maximum Gasteiger partial charge on any atom is 0.149 e. The van der Waals surface area contributed by atoms with Crippen molar-refractivity contribution >= 4 is 11.6 Å². The van der Waals surface area contributed by atoms with Gasteiger partial charge in [-0.3, -0.25) is 4.98 Å². The van der Waals surface area contributed by atoms with Crippen molar-refractivity contribution in [3.8, 4) is 0 Å². The van der Waals surface area contributed by atoms with Crippen LogP contribution in [0, 0.1) is 11.8 Å². The molecule has 0 amide bonds. The van der Waals surface area contributed by atoms with Gasteiger partial charge in [0.1, 0.15) is 11.6 Å². The summed E-state index contributed by atoms with van der Waals surface area (Å²) in [5, 5.41) is 3.04. The fraction of sp³-hybridized carbons (Fsp3) is 0.692. The third-order valence-electron chi connectivity index (χ3n) is 3.77. The van der Waals surface area contributed by atoms with E-state index < -0.39 is 0 Å². The predicted octanol–water partition coefficient (Wildman–Crippen LogP) is 2.39. The van der Waals surface area contributed by atoms with E-state index in [1.807, 2.05) is 13.2 Å². The van der Waals surface area contributed by atoms with Gasteiger partial charge in [-0.05, 0) is 25.2 Å². The van der Waals surface area contributed by atoms with Crippen LogP contribution in [0.2, 0.25) is 0 Å². The molecule has 94 valence electrons. The average molecular weight is 234 g/mol. The molecule has 0 aliphatic carbocycles. The Morgan fingerprint density at radius 1 is 1.29 bits per heavy atom. The Labute approximate surface area is 103 Å². The van der Waals surface area contributed by atoms with E-state index in [9.17, 15) is 0 Å². The average Bonchev–Trinajstić information content (AvgIpc) is 2.34. The maximum atomic E-state index is 4.59. The van der Waals surface area contributed by atoms with Gasteiger partial charge in [0, 0.05) is 19.6 Å². The van der Waals surface area contributed by atoms with E-state index in [1.165, 1.54) is 6.42 Å². The van der Waals surface area contributed by atoms with Gasteiger partial charge in [0.15, 0.2) is 0 Å². The van der Waals surface area contributed by atoms with Crippen LogP contribution in [-0.2, 0) is 0 Å².